The molecule has 0 spiro atoms. The Hall–Kier alpha value is -3.31. The zero-order chi connectivity index (χ0) is 31.3. The van der Waals surface area contributed by atoms with Crippen molar-refractivity contribution in [3.8, 4) is 0 Å². The third-order valence-corrected chi connectivity index (χ3v) is 11.3. The van der Waals surface area contributed by atoms with E-state index in [1.54, 1.807) is 4.90 Å². The van der Waals surface area contributed by atoms with Crippen molar-refractivity contribution >= 4 is 35.0 Å². The van der Waals surface area contributed by atoms with E-state index in [0.29, 0.717) is 75.0 Å². The fourth-order valence-electron chi connectivity index (χ4n) is 7.61. The number of carbonyl (C=O) groups is 4. The Bertz CT molecular complexity index is 1380. The first-order valence-electron chi connectivity index (χ1n) is 16.7. The minimum Gasteiger partial charge on any atom is -0.354 e. The minimum absolute atomic E-state index is 0.0450. The largest absolute Gasteiger partial charge is 0.354 e. The van der Waals surface area contributed by atoms with Crippen LogP contribution in [0.2, 0.25) is 0 Å². The lowest BCUT2D eigenvalue weighted by Gasteiger charge is -2.42. The quantitative estimate of drug-likeness (QED) is 0.449. The van der Waals surface area contributed by atoms with E-state index in [0.717, 1.165) is 17.0 Å². The normalized spacial score (nSPS) is 26.6. The van der Waals surface area contributed by atoms with Gasteiger partial charge in [0.2, 0.25) is 17.7 Å². The molecule has 6 rings (SSSR count). The Morgan fingerprint density at radius 2 is 1.84 bits per heavy atom. The molecule has 11 heteroatoms. The molecule has 0 unspecified atom stereocenters. The molecular formula is C34H46N6O4S. The molecule has 3 aliphatic heterocycles. The van der Waals surface area contributed by atoms with E-state index < -0.39 is 6.04 Å². The molecule has 1 aromatic heterocycles. The number of carbonyl (C=O) groups excluding carboxylic acids is 4. The number of rotatable bonds is 6. The van der Waals surface area contributed by atoms with Crippen LogP contribution in [0, 0.1) is 18.8 Å². The molecule has 10 nitrogen and oxygen atoms in total. The van der Waals surface area contributed by atoms with Gasteiger partial charge >= 0.3 is 0 Å². The predicted octanol–water partition coefficient (Wildman–Crippen LogP) is 3.19. The molecule has 4 heterocycles. The van der Waals surface area contributed by atoms with Crippen LogP contribution in [0.25, 0.3) is 0 Å². The summed E-state index contributed by atoms with van der Waals surface area (Å²) in [6.07, 6.45) is 7.91. The summed E-state index contributed by atoms with van der Waals surface area (Å²) in [7, 11) is 0. The fourth-order valence-corrected chi connectivity index (χ4v) is 8.65. The second kappa shape index (κ2) is 14.4. The lowest BCUT2D eigenvalue weighted by Crippen LogP contribution is -2.58. The first-order valence-corrected chi connectivity index (χ1v) is 17.5. The topological polar surface area (TPSA) is 124 Å². The maximum absolute atomic E-state index is 14.1. The number of amides is 4. The molecule has 1 aliphatic carbocycles. The highest BCUT2D eigenvalue weighted by Crippen LogP contribution is 2.33. The third kappa shape index (κ3) is 7.74. The smallest absolute Gasteiger partial charge is 0.265 e. The van der Waals surface area contributed by atoms with E-state index in [1.165, 1.54) is 37.0 Å². The van der Waals surface area contributed by atoms with Gasteiger partial charge in [-0.25, -0.2) is 4.98 Å². The molecule has 4 aliphatic rings. The number of nitrogens with zero attached hydrogens (tertiary/aromatic N) is 3. The molecule has 2 saturated heterocycles. The summed E-state index contributed by atoms with van der Waals surface area (Å²) >= 11 is 1.40. The van der Waals surface area contributed by atoms with E-state index in [4.69, 9.17) is 0 Å². The first-order chi connectivity index (χ1) is 21.8. The van der Waals surface area contributed by atoms with Crippen LogP contribution in [-0.4, -0.2) is 82.7 Å². The maximum Gasteiger partial charge on any atom is 0.265 e. The summed E-state index contributed by atoms with van der Waals surface area (Å²) < 4.78 is 0. The summed E-state index contributed by atoms with van der Waals surface area (Å²) in [5.41, 5.74) is 1.73. The molecule has 3 N–H and O–H groups in total. The number of hydrogen-bond donors (Lipinski definition) is 3. The zero-order valence-corrected chi connectivity index (χ0v) is 27.1. The van der Waals surface area contributed by atoms with Crippen LogP contribution in [0.5, 0.6) is 0 Å². The highest BCUT2D eigenvalue weighted by atomic mass is 32.1. The summed E-state index contributed by atoms with van der Waals surface area (Å²) in [6, 6.07) is 9.95. The molecule has 1 aromatic carbocycles. The molecule has 242 valence electrons. The van der Waals surface area contributed by atoms with Gasteiger partial charge in [0.05, 0.1) is 10.7 Å². The van der Waals surface area contributed by atoms with Crippen LogP contribution in [0.1, 0.15) is 83.7 Å². The van der Waals surface area contributed by atoms with Crippen molar-refractivity contribution < 1.29 is 19.2 Å². The molecule has 0 radical (unpaired) electrons. The summed E-state index contributed by atoms with van der Waals surface area (Å²) in [5.74, 6) is -0.524. The van der Waals surface area contributed by atoms with Crippen molar-refractivity contribution in [2.45, 2.75) is 95.8 Å². The number of aryl methyl sites for hydroxylation is 1. The number of piperidine rings is 2. The number of thiazole rings is 1. The van der Waals surface area contributed by atoms with Crippen molar-refractivity contribution in [2.24, 2.45) is 11.8 Å². The van der Waals surface area contributed by atoms with Gasteiger partial charge in [-0.15, -0.1) is 11.3 Å². The van der Waals surface area contributed by atoms with E-state index >= 15 is 0 Å². The van der Waals surface area contributed by atoms with Gasteiger partial charge in [0.25, 0.3) is 5.91 Å². The number of hydrogen-bond acceptors (Lipinski definition) is 7. The average Bonchev–Trinajstić information content (AvgIpc) is 3.69. The second-order valence-electron chi connectivity index (χ2n) is 13.3. The third-order valence-electron chi connectivity index (χ3n) is 10.1. The van der Waals surface area contributed by atoms with Crippen molar-refractivity contribution in [3.05, 3.63) is 51.5 Å². The van der Waals surface area contributed by atoms with Crippen LogP contribution in [0.4, 0.5) is 0 Å². The van der Waals surface area contributed by atoms with Crippen LogP contribution >= 0.6 is 11.3 Å². The summed E-state index contributed by atoms with van der Waals surface area (Å²) in [4.78, 5) is 63.4. The minimum atomic E-state index is -0.544. The predicted molar refractivity (Wildman–Crippen MR) is 173 cm³/mol. The van der Waals surface area contributed by atoms with Crippen molar-refractivity contribution in [3.63, 3.8) is 0 Å². The Labute approximate surface area is 269 Å². The SMILES string of the molecule is Cc1nc2sc1C(=O)N1CC[C@@H](CC(=O)NCc3ccccc3)[C@@H](CC(=O)N3CC[C@@H](NC4CCCC4)C[C@H]3C(=O)NCC2)C1. The van der Waals surface area contributed by atoms with Crippen LogP contribution < -0.4 is 16.0 Å². The van der Waals surface area contributed by atoms with Crippen molar-refractivity contribution in [1.29, 1.82) is 0 Å². The van der Waals surface area contributed by atoms with Gasteiger partial charge in [-0.3, -0.25) is 19.2 Å². The van der Waals surface area contributed by atoms with Crippen molar-refractivity contribution in [2.75, 3.05) is 26.2 Å². The van der Waals surface area contributed by atoms with Gasteiger partial charge < -0.3 is 25.8 Å². The highest BCUT2D eigenvalue weighted by molar-refractivity contribution is 7.13. The molecule has 4 amide bonds. The van der Waals surface area contributed by atoms with E-state index in [-0.39, 0.29) is 47.9 Å². The number of nitrogens with one attached hydrogen (secondary N) is 3. The Kier molecular flexibility index (Phi) is 10.1. The maximum atomic E-state index is 14.1. The van der Waals surface area contributed by atoms with E-state index in [1.807, 2.05) is 42.2 Å². The molecule has 2 aromatic rings. The summed E-state index contributed by atoms with van der Waals surface area (Å²) in [5, 5.41) is 10.7. The molecule has 4 atom stereocenters. The van der Waals surface area contributed by atoms with Crippen LogP contribution in [0.15, 0.2) is 30.3 Å². The fraction of sp³-hybridized carbons (Fsp3) is 0.618. The lowest BCUT2D eigenvalue weighted by atomic mass is 9.80. The molecule has 3 fully saturated rings. The van der Waals surface area contributed by atoms with Gasteiger partial charge in [-0.05, 0) is 56.4 Å². The monoisotopic (exact) mass is 634 g/mol. The Morgan fingerprint density at radius 3 is 2.64 bits per heavy atom. The van der Waals surface area contributed by atoms with Gasteiger partial charge in [0.15, 0.2) is 0 Å². The molecular weight excluding hydrogens is 588 g/mol. The highest BCUT2D eigenvalue weighted by Gasteiger charge is 2.41. The molecule has 45 heavy (non-hydrogen) atoms. The van der Waals surface area contributed by atoms with Crippen LogP contribution in [0.3, 0.4) is 0 Å². The standard InChI is InChI=1S/C34H46N6O4S/c1-22-32-34(44)39-15-12-24(17-29(41)36-20-23-7-3-2-4-8-23)25(21-39)18-31(42)40-16-13-27(38-26-9-5-6-10-26)19-28(40)33(43)35-14-11-30(37-22)45-32/h2-4,7-8,24-28,38H,5-6,9-21H2,1H3,(H,35,43)(H,36,41)/t24-,25-,27+,28-/m0/s1. The van der Waals surface area contributed by atoms with Gasteiger partial charge in [0, 0.05) is 64.1 Å². The molecule has 4 bridgehead atoms. The number of benzene rings is 1. The lowest BCUT2D eigenvalue weighted by molar-refractivity contribution is -0.144. The average molecular weight is 635 g/mol. The zero-order valence-electron chi connectivity index (χ0n) is 26.3. The van der Waals surface area contributed by atoms with Gasteiger partial charge in [-0.1, -0.05) is 43.2 Å². The number of fused-ring (bicyclic) bond motifs is 5. The Balaban J connectivity index is 1.21. The van der Waals surface area contributed by atoms with E-state index in [2.05, 4.69) is 20.9 Å². The number of aromatic nitrogens is 1. The first kappa shape index (κ1) is 31.7. The Morgan fingerprint density at radius 1 is 1.04 bits per heavy atom. The summed E-state index contributed by atoms with van der Waals surface area (Å²) in [6.45, 7) is 4.18. The van der Waals surface area contributed by atoms with Gasteiger partial charge in [0.1, 0.15) is 10.9 Å². The van der Waals surface area contributed by atoms with Gasteiger partial charge in [-0.2, -0.15) is 0 Å². The van der Waals surface area contributed by atoms with Crippen LogP contribution in [-0.2, 0) is 27.3 Å². The van der Waals surface area contributed by atoms with E-state index in [9.17, 15) is 19.2 Å². The second-order valence-corrected chi connectivity index (χ2v) is 14.3. The van der Waals surface area contributed by atoms with Crippen molar-refractivity contribution in [1.82, 2.24) is 30.7 Å². The molecule has 1 saturated carbocycles.